The van der Waals surface area contributed by atoms with Crippen LogP contribution in [-0.4, -0.2) is 23.8 Å². The molecule has 1 aliphatic carbocycles. The van der Waals surface area contributed by atoms with Crippen molar-refractivity contribution in [1.29, 1.82) is 0 Å². The second kappa shape index (κ2) is 8.45. The highest BCUT2D eigenvalue weighted by molar-refractivity contribution is 7.18. The van der Waals surface area contributed by atoms with Crippen molar-refractivity contribution in [1.82, 2.24) is 9.55 Å². The topological polar surface area (TPSA) is 65.4 Å². The Hall–Kier alpha value is -2.54. The van der Waals surface area contributed by atoms with Crippen LogP contribution in [0.2, 0.25) is 0 Å². The molecular formula is C22H27N3O3S. The molecule has 2 heterocycles. The number of nitrogens with one attached hydrogen (secondary N) is 1. The zero-order valence-corrected chi connectivity index (χ0v) is 18.0. The van der Waals surface area contributed by atoms with Gasteiger partial charge in [0.15, 0.2) is 11.5 Å². The van der Waals surface area contributed by atoms with Crippen molar-refractivity contribution in [2.24, 2.45) is 0 Å². The average molecular weight is 414 g/mol. The maximum absolute atomic E-state index is 13.3. The lowest BCUT2D eigenvalue weighted by molar-refractivity contribution is 0.354. The first-order valence-electron chi connectivity index (χ1n) is 10.2. The Kier molecular flexibility index (Phi) is 5.76. The first-order valence-corrected chi connectivity index (χ1v) is 11.0. The van der Waals surface area contributed by atoms with Crippen LogP contribution in [0, 0.1) is 0 Å². The van der Waals surface area contributed by atoms with Gasteiger partial charge in [0.1, 0.15) is 4.83 Å². The largest absolute Gasteiger partial charge is 0.493 e. The second-order valence-electron chi connectivity index (χ2n) is 7.33. The smallest absolute Gasteiger partial charge is 0.263 e. The predicted molar refractivity (Wildman–Crippen MR) is 118 cm³/mol. The summed E-state index contributed by atoms with van der Waals surface area (Å²) in [6.07, 6.45) is 5.30. The Labute approximate surface area is 174 Å². The number of thiophene rings is 1. The molecule has 0 spiro atoms. The maximum atomic E-state index is 13.3. The molecule has 0 atom stereocenters. The Bertz CT molecular complexity index is 1090. The minimum absolute atomic E-state index is 0.0889. The number of nitrogens with zero attached hydrogens (tertiary/aromatic N) is 2. The molecular weight excluding hydrogens is 386 g/mol. The first kappa shape index (κ1) is 19.8. The number of fused-ring (bicyclic) bond motifs is 3. The number of methoxy groups -OCH3 is 2. The van der Waals surface area contributed by atoms with Crippen LogP contribution in [0.3, 0.4) is 0 Å². The molecule has 1 aliphatic rings. The summed E-state index contributed by atoms with van der Waals surface area (Å²) < 4.78 is 12.5. The third kappa shape index (κ3) is 3.71. The highest BCUT2D eigenvalue weighted by Crippen LogP contribution is 2.34. The van der Waals surface area contributed by atoms with Crippen LogP contribution in [0.25, 0.3) is 10.2 Å². The Morgan fingerprint density at radius 2 is 1.97 bits per heavy atom. The molecule has 7 heteroatoms. The fourth-order valence-electron chi connectivity index (χ4n) is 3.98. The van der Waals surface area contributed by atoms with Gasteiger partial charge in [-0.15, -0.1) is 11.3 Å². The van der Waals surface area contributed by atoms with Crippen LogP contribution in [0.5, 0.6) is 11.5 Å². The van der Waals surface area contributed by atoms with Crippen LogP contribution in [0.15, 0.2) is 23.0 Å². The van der Waals surface area contributed by atoms with E-state index < -0.39 is 0 Å². The van der Waals surface area contributed by atoms with Gasteiger partial charge in [0.05, 0.1) is 19.6 Å². The third-order valence-corrected chi connectivity index (χ3v) is 6.61. The molecule has 0 aliphatic heterocycles. The van der Waals surface area contributed by atoms with E-state index in [-0.39, 0.29) is 5.56 Å². The molecule has 0 unspecified atom stereocenters. The van der Waals surface area contributed by atoms with Crippen LogP contribution in [0.1, 0.15) is 42.2 Å². The molecule has 0 amide bonds. The summed E-state index contributed by atoms with van der Waals surface area (Å²) in [7, 11) is 3.25. The number of hydrogen-bond donors (Lipinski definition) is 1. The highest BCUT2D eigenvalue weighted by atomic mass is 32.1. The quantitative estimate of drug-likeness (QED) is 0.623. The van der Waals surface area contributed by atoms with Gasteiger partial charge in [0.2, 0.25) is 5.95 Å². The van der Waals surface area contributed by atoms with Crippen molar-refractivity contribution in [2.45, 2.75) is 52.1 Å². The van der Waals surface area contributed by atoms with Gasteiger partial charge < -0.3 is 14.8 Å². The molecule has 0 saturated carbocycles. The number of ether oxygens (including phenoxy) is 2. The van der Waals surface area contributed by atoms with E-state index in [2.05, 4.69) is 12.2 Å². The van der Waals surface area contributed by atoms with Crippen LogP contribution < -0.4 is 20.3 Å². The standard InChI is InChI=1S/C22H27N3O3S/c1-4-11-25-21(26)19-15-7-5-6-8-18(15)29-20(19)24-22(25)23-13-14-9-10-16(27-2)17(12-14)28-3/h9-10,12H,4-8,11,13H2,1-3H3,(H,23,24). The van der Waals surface area contributed by atoms with Gasteiger partial charge >= 0.3 is 0 Å². The first-order chi connectivity index (χ1) is 14.2. The van der Waals surface area contributed by atoms with E-state index in [1.54, 1.807) is 30.1 Å². The van der Waals surface area contributed by atoms with Crippen molar-refractivity contribution < 1.29 is 9.47 Å². The van der Waals surface area contributed by atoms with Gasteiger partial charge in [-0.2, -0.15) is 0 Å². The highest BCUT2D eigenvalue weighted by Gasteiger charge is 2.22. The summed E-state index contributed by atoms with van der Waals surface area (Å²) in [6, 6.07) is 5.81. The number of rotatable bonds is 7. The average Bonchev–Trinajstić information content (AvgIpc) is 3.12. The zero-order valence-electron chi connectivity index (χ0n) is 17.2. The van der Waals surface area contributed by atoms with Crippen LogP contribution in [-0.2, 0) is 25.9 Å². The second-order valence-corrected chi connectivity index (χ2v) is 8.41. The Morgan fingerprint density at radius 3 is 2.72 bits per heavy atom. The SMILES string of the molecule is CCCn1c(NCc2ccc(OC)c(OC)c2)nc2sc3c(c2c1=O)CCCC3. The van der Waals surface area contributed by atoms with Gasteiger partial charge in [-0.1, -0.05) is 13.0 Å². The number of aromatic nitrogens is 2. The summed E-state index contributed by atoms with van der Waals surface area (Å²) in [5.41, 5.74) is 2.36. The van der Waals surface area contributed by atoms with E-state index in [1.165, 1.54) is 16.9 Å². The van der Waals surface area contributed by atoms with E-state index in [4.69, 9.17) is 14.5 Å². The lowest BCUT2D eigenvalue weighted by atomic mass is 9.97. The van der Waals surface area contributed by atoms with E-state index >= 15 is 0 Å². The lowest BCUT2D eigenvalue weighted by Gasteiger charge is -2.15. The molecule has 154 valence electrons. The molecule has 4 rings (SSSR count). The molecule has 1 aromatic carbocycles. The normalized spacial score (nSPS) is 13.3. The van der Waals surface area contributed by atoms with Gasteiger partial charge in [-0.25, -0.2) is 4.98 Å². The molecule has 2 aromatic heterocycles. The van der Waals surface area contributed by atoms with Crippen LogP contribution in [0.4, 0.5) is 5.95 Å². The van der Waals surface area contributed by atoms with E-state index in [0.29, 0.717) is 30.5 Å². The zero-order chi connectivity index (χ0) is 20.4. The van der Waals surface area contributed by atoms with Gasteiger partial charge in [-0.3, -0.25) is 9.36 Å². The van der Waals surface area contributed by atoms with Crippen molar-refractivity contribution in [3.05, 3.63) is 44.6 Å². The van der Waals surface area contributed by atoms with Crippen molar-refractivity contribution in [2.75, 3.05) is 19.5 Å². The summed E-state index contributed by atoms with van der Waals surface area (Å²) in [4.78, 5) is 20.4. The third-order valence-electron chi connectivity index (χ3n) is 5.42. The predicted octanol–water partition coefficient (Wildman–Crippen LogP) is 4.38. The van der Waals surface area contributed by atoms with Gasteiger partial charge in [-0.05, 0) is 55.4 Å². The van der Waals surface area contributed by atoms with Crippen molar-refractivity contribution >= 4 is 27.5 Å². The minimum atomic E-state index is 0.0889. The summed E-state index contributed by atoms with van der Waals surface area (Å²) in [5, 5.41) is 4.22. The fraction of sp³-hybridized carbons (Fsp3) is 0.455. The number of hydrogen-bond acceptors (Lipinski definition) is 6. The van der Waals surface area contributed by atoms with E-state index in [9.17, 15) is 4.79 Å². The fourth-order valence-corrected chi connectivity index (χ4v) is 5.23. The number of anilines is 1. The molecule has 1 N–H and O–H groups in total. The monoisotopic (exact) mass is 413 g/mol. The molecule has 0 bridgehead atoms. The van der Waals surface area contributed by atoms with Gasteiger partial charge in [0, 0.05) is 18.0 Å². The molecule has 6 nitrogen and oxygen atoms in total. The number of benzene rings is 1. The molecule has 0 radical (unpaired) electrons. The molecule has 0 fully saturated rings. The lowest BCUT2D eigenvalue weighted by Crippen LogP contribution is -2.25. The molecule has 3 aromatic rings. The Balaban J connectivity index is 1.69. The maximum Gasteiger partial charge on any atom is 0.263 e. The van der Waals surface area contributed by atoms with Crippen molar-refractivity contribution in [3.63, 3.8) is 0 Å². The van der Waals surface area contributed by atoms with Gasteiger partial charge in [0.25, 0.3) is 5.56 Å². The Morgan fingerprint density at radius 1 is 1.17 bits per heavy atom. The van der Waals surface area contributed by atoms with Crippen LogP contribution >= 0.6 is 11.3 Å². The van der Waals surface area contributed by atoms with E-state index in [0.717, 1.165) is 41.5 Å². The molecule has 0 saturated heterocycles. The van der Waals surface area contributed by atoms with E-state index in [1.807, 2.05) is 18.2 Å². The van der Waals surface area contributed by atoms with Crippen molar-refractivity contribution in [3.8, 4) is 11.5 Å². The summed E-state index contributed by atoms with van der Waals surface area (Å²) >= 11 is 1.69. The summed E-state index contributed by atoms with van der Waals surface area (Å²) in [5.74, 6) is 2.02. The molecule has 29 heavy (non-hydrogen) atoms. The summed E-state index contributed by atoms with van der Waals surface area (Å²) in [6.45, 7) is 3.28. The minimum Gasteiger partial charge on any atom is -0.493 e. The number of aryl methyl sites for hydroxylation is 2.